The number of aldehydes is 1. The Bertz CT molecular complexity index is 1160. The molecular formula is C23H29F2N7O3. The number of halogens is 2. The smallest absolute Gasteiger partial charge is 0.267 e. The molecular weight excluding hydrogens is 460 g/mol. The van der Waals surface area contributed by atoms with Crippen LogP contribution in [0.1, 0.15) is 42.5 Å². The zero-order chi connectivity index (χ0) is 25.2. The van der Waals surface area contributed by atoms with Gasteiger partial charge in [0.1, 0.15) is 17.2 Å². The van der Waals surface area contributed by atoms with Gasteiger partial charge in [-0.3, -0.25) is 9.59 Å². The summed E-state index contributed by atoms with van der Waals surface area (Å²) in [6.45, 7) is 0. The minimum absolute atomic E-state index is 0.0425. The van der Waals surface area contributed by atoms with Crippen molar-refractivity contribution in [3.05, 3.63) is 41.9 Å². The van der Waals surface area contributed by atoms with Crippen LogP contribution >= 0.6 is 0 Å². The summed E-state index contributed by atoms with van der Waals surface area (Å²) in [6, 6.07) is 0.430. The molecule has 0 aromatic carbocycles. The highest BCUT2D eigenvalue weighted by atomic mass is 19.3. The lowest BCUT2D eigenvalue weighted by molar-refractivity contribution is -0.104. The van der Waals surface area contributed by atoms with E-state index in [9.17, 15) is 23.5 Å². The lowest BCUT2D eigenvalue weighted by Crippen LogP contribution is -2.55. The summed E-state index contributed by atoms with van der Waals surface area (Å²) in [5.74, 6) is -2.88. The number of amides is 1. The molecule has 1 amide bonds. The van der Waals surface area contributed by atoms with Crippen LogP contribution in [0.3, 0.4) is 0 Å². The van der Waals surface area contributed by atoms with Crippen LogP contribution < -0.4 is 16.0 Å². The van der Waals surface area contributed by atoms with E-state index in [-0.39, 0.29) is 47.7 Å². The van der Waals surface area contributed by atoms with E-state index in [1.54, 1.807) is 31.5 Å². The molecule has 35 heavy (non-hydrogen) atoms. The van der Waals surface area contributed by atoms with Crippen LogP contribution in [0.25, 0.3) is 5.65 Å². The van der Waals surface area contributed by atoms with Crippen LogP contribution in [0.2, 0.25) is 0 Å². The molecule has 2 saturated carbocycles. The van der Waals surface area contributed by atoms with Gasteiger partial charge in [0, 0.05) is 26.6 Å². The standard InChI is InChI=1S/C23H29F2N7O3/c1-26-20-11-19(28-14(13-33)5-4-10-31(2)16-6-3-7-17(16)34)30-21-15(12-27-32(20)21)22(35)29-18-8-9-23(18,24)25/h4-5,10-13,16-18,26,34H,3,6-9H2,1-2H3,(H,28,30)(H,29,35)/b10-4-,14-5+/t16?,17?,18-/m0/s1. The third-order valence-electron chi connectivity index (χ3n) is 6.52. The van der Waals surface area contributed by atoms with Gasteiger partial charge >= 0.3 is 0 Å². The molecule has 188 valence electrons. The van der Waals surface area contributed by atoms with Crippen LogP contribution in [0.15, 0.2) is 36.3 Å². The molecule has 3 atom stereocenters. The average molecular weight is 490 g/mol. The Morgan fingerprint density at radius 1 is 1.34 bits per heavy atom. The van der Waals surface area contributed by atoms with E-state index < -0.39 is 17.9 Å². The lowest BCUT2D eigenvalue weighted by Gasteiger charge is -2.36. The molecule has 2 aromatic heterocycles. The molecule has 2 heterocycles. The van der Waals surface area contributed by atoms with Crippen molar-refractivity contribution < 1.29 is 23.5 Å². The SMILES string of the molecule is CNc1cc(N/C(C=O)=C/C=C\N(C)C2CCCC2O)nc2c(C(=O)N[C@H]3CCC3(F)F)cnn12. The topological polar surface area (TPSA) is 124 Å². The number of hydrogen-bond donors (Lipinski definition) is 4. The molecule has 2 aliphatic rings. The number of alkyl halides is 2. The van der Waals surface area contributed by atoms with Gasteiger partial charge in [0.2, 0.25) is 0 Å². The molecule has 0 aliphatic heterocycles. The summed E-state index contributed by atoms with van der Waals surface area (Å²) < 4.78 is 28.6. The van der Waals surface area contributed by atoms with Crippen molar-refractivity contribution in [2.45, 2.75) is 56.2 Å². The Hall–Kier alpha value is -3.54. The van der Waals surface area contributed by atoms with E-state index in [0.29, 0.717) is 12.1 Å². The van der Waals surface area contributed by atoms with Crippen molar-refractivity contribution in [1.29, 1.82) is 0 Å². The van der Waals surface area contributed by atoms with Crippen LogP contribution in [-0.2, 0) is 4.79 Å². The van der Waals surface area contributed by atoms with E-state index in [0.717, 1.165) is 19.3 Å². The molecule has 2 aliphatic carbocycles. The van der Waals surface area contributed by atoms with Crippen molar-refractivity contribution in [2.75, 3.05) is 24.7 Å². The summed E-state index contributed by atoms with van der Waals surface area (Å²) in [5, 5.41) is 22.4. The van der Waals surface area contributed by atoms with Gasteiger partial charge < -0.3 is 26.0 Å². The van der Waals surface area contributed by atoms with Gasteiger partial charge in [-0.2, -0.15) is 9.61 Å². The monoisotopic (exact) mass is 489 g/mol. The number of rotatable bonds is 9. The number of carbonyl (C=O) groups excluding carboxylic acids is 2. The maximum absolute atomic E-state index is 13.6. The van der Waals surface area contributed by atoms with Gasteiger partial charge in [0.25, 0.3) is 11.8 Å². The molecule has 0 radical (unpaired) electrons. The number of aliphatic hydroxyl groups excluding tert-OH is 1. The van der Waals surface area contributed by atoms with Crippen LogP contribution in [0.5, 0.6) is 0 Å². The molecule has 4 rings (SSSR count). The van der Waals surface area contributed by atoms with Gasteiger partial charge in [-0.1, -0.05) is 0 Å². The number of aliphatic hydroxyl groups is 1. The fraction of sp³-hybridized carbons (Fsp3) is 0.478. The molecule has 0 bridgehead atoms. The Labute approximate surface area is 201 Å². The van der Waals surface area contributed by atoms with Gasteiger partial charge in [0.15, 0.2) is 11.9 Å². The highest BCUT2D eigenvalue weighted by Gasteiger charge is 2.49. The van der Waals surface area contributed by atoms with Crippen LogP contribution in [0.4, 0.5) is 20.4 Å². The van der Waals surface area contributed by atoms with Crippen molar-refractivity contribution in [1.82, 2.24) is 24.8 Å². The Balaban J connectivity index is 1.53. The molecule has 0 saturated heterocycles. The fourth-order valence-corrected chi connectivity index (χ4v) is 4.33. The number of likely N-dealkylation sites (N-methyl/N-ethyl adjacent to an activating group) is 1. The predicted octanol–water partition coefficient (Wildman–Crippen LogP) is 2.15. The highest BCUT2D eigenvalue weighted by molar-refractivity contribution is 6.00. The van der Waals surface area contributed by atoms with Crippen molar-refractivity contribution in [3.8, 4) is 0 Å². The van der Waals surface area contributed by atoms with E-state index >= 15 is 0 Å². The number of nitrogens with one attached hydrogen (secondary N) is 3. The van der Waals surface area contributed by atoms with E-state index in [2.05, 4.69) is 26.0 Å². The van der Waals surface area contributed by atoms with E-state index in [1.165, 1.54) is 10.7 Å². The molecule has 0 spiro atoms. The normalized spacial score (nSPS) is 23.8. The number of anilines is 2. The van der Waals surface area contributed by atoms with Gasteiger partial charge in [0.05, 0.1) is 30.1 Å². The molecule has 10 nitrogen and oxygen atoms in total. The Morgan fingerprint density at radius 2 is 2.14 bits per heavy atom. The van der Waals surface area contributed by atoms with Crippen LogP contribution in [0, 0.1) is 0 Å². The summed E-state index contributed by atoms with van der Waals surface area (Å²) in [4.78, 5) is 30.6. The second kappa shape index (κ2) is 9.98. The number of hydrogen-bond acceptors (Lipinski definition) is 8. The van der Waals surface area contributed by atoms with Gasteiger partial charge in [-0.15, -0.1) is 0 Å². The number of carbonyl (C=O) groups is 2. The summed E-state index contributed by atoms with van der Waals surface area (Å²) in [6.07, 6.45) is 9.18. The zero-order valence-corrected chi connectivity index (χ0v) is 19.5. The zero-order valence-electron chi connectivity index (χ0n) is 19.5. The van der Waals surface area contributed by atoms with E-state index in [1.807, 2.05) is 11.9 Å². The second-order valence-corrected chi connectivity index (χ2v) is 8.83. The Morgan fingerprint density at radius 3 is 2.74 bits per heavy atom. The van der Waals surface area contributed by atoms with Gasteiger partial charge in [-0.25, -0.2) is 13.8 Å². The predicted molar refractivity (Wildman–Crippen MR) is 126 cm³/mol. The third kappa shape index (κ3) is 5.11. The largest absolute Gasteiger partial charge is 0.391 e. The summed E-state index contributed by atoms with van der Waals surface area (Å²) in [5.41, 5.74) is 0.400. The maximum atomic E-state index is 13.6. The first-order valence-electron chi connectivity index (χ1n) is 11.5. The number of allylic oxidation sites excluding steroid dienone is 3. The van der Waals surface area contributed by atoms with Gasteiger partial charge in [-0.05, 0) is 44.0 Å². The third-order valence-corrected chi connectivity index (χ3v) is 6.52. The van der Waals surface area contributed by atoms with Crippen molar-refractivity contribution in [2.24, 2.45) is 0 Å². The summed E-state index contributed by atoms with van der Waals surface area (Å²) >= 11 is 0. The quantitative estimate of drug-likeness (QED) is 0.240. The van der Waals surface area contributed by atoms with Crippen LogP contribution in [-0.4, -0.2) is 75.0 Å². The first-order valence-corrected chi connectivity index (χ1v) is 11.5. The molecule has 12 heteroatoms. The van der Waals surface area contributed by atoms with E-state index in [4.69, 9.17) is 0 Å². The second-order valence-electron chi connectivity index (χ2n) is 8.83. The molecule has 4 N–H and O–H groups in total. The Kier molecular flexibility index (Phi) is 7.01. The molecule has 2 aromatic rings. The van der Waals surface area contributed by atoms with Crippen molar-refractivity contribution >= 4 is 29.5 Å². The highest BCUT2D eigenvalue weighted by Crippen LogP contribution is 2.37. The number of nitrogens with zero attached hydrogens (tertiary/aromatic N) is 4. The molecule has 2 fully saturated rings. The fourth-order valence-electron chi connectivity index (χ4n) is 4.33. The lowest BCUT2D eigenvalue weighted by atomic mass is 9.88. The minimum Gasteiger partial charge on any atom is -0.391 e. The van der Waals surface area contributed by atoms with Crippen molar-refractivity contribution in [3.63, 3.8) is 0 Å². The maximum Gasteiger partial charge on any atom is 0.267 e. The average Bonchev–Trinajstić information content (AvgIpc) is 3.46. The summed E-state index contributed by atoms with van der Waals surface area (Å²) in [7, 11) is 3.53. The number of aromatic nitrogens is 3. The minimum atomic E-state index is -2.92. The number of fused-ring (bicyclic) bond motifs is 1. The molecule has 2 unspecified atom stereocenters. The first kappa shape index (κ1) is 24.6. The first-order chi connectivity index (χ1) is 16.7.